The van der Waals surface area contributed by atoms with E-state index in [1.165, 1.54) is 70.8 Å². The lowest BCUT2D eigenvalue weighted by molar-refractivity contribution is -0.0475. The van der Waals surface area contributed by atoms with E-state index in [0.29, 0.717) is 23.2 Å². The Hall–Kier alpha value is -0.0800. The molecule has 2 unspecified atom stereocenters. The van der Waals surface area contributed by atoms with E-state index in [9.17, 15) is 0 Å². The van der Waals surface area contributed by atoms with Crippen LogP contribution in [0.25, 0.3) is 0 Å². The molecule has 0 bridgehead atoms. The van der Waals surface area contributed by atoms with Crippen molar-refractivity contribution in [2.75, 3.05) is 6.54 Å². The summed E-state index contributed by atoms with van der Waals surface area (Å²) in [6.07, 6.45) is 14.1. The standard InChI is InChI=1S/C17H31NO/c1-3-12-18-14(2)16(10-11-16)13-15-6-9-17(19-15)7-4-5-8-17/h14-15,18H,3-13H2,1-2H3. The van der Waals surface area contributed by atoms with Gasteiger partial charge < -0.3 is 10.1 Å². The quantitative estimate of drug-likeness (QED) is 0.782. The molecule has 1 spiro atoms. The Morgan fingerprint density at radius 2 is 1.89 bits per heavy atom. The van der Waals surface area contributed by atoms with Crippen molar-refractivity contribution >= 4 is 0 Å². The van der Waals surface area contributed by atoms with Gasteiger partial charge in [0, 0.05) is 6.04 Å². The second-order valence-electron chi connectivity index (χ2n) is 7.41. The topological polar surface area (TPSA) is 21.3 Å². The van der Waals surface area contributed by atoms with Gasteiger partial charge in [0.1, 0.15) is 0 Å². The first-order chi connectivity index (χ1) is 9.18. The van der Waals surface area contributed by atoms with E-state index in [2.05, 4.69) is 19.2 Å². The van der Waals surface area contributed by atoms with E-state index in [1.807, 2.05) is 0 Å². The van der Waals surface area contributed by atoms with Gasteiger partial charge in [0.15, 0.2) is 0 Å². The summed E-state index contributed by atoms with van der Waals surface area (Å²) in [5.41, 5.74) is 0.894. The monoisotopic (exact) mass is 265 g/mol. The average Bonchev–Trinajstić information content (AvgIpc) is 2.88. The lowest BCUT2D eigenvalue weighted by atomic mass is 9.89. The summed E-state index contributed by atoms with van der Waals surface area (Å²) in [5.74, 6) is 0. The van der Waals surface area contributed by atoms with Crippen LogP contribution in [0.3, 0.4) is 0 Å². The largest absolute Gasteiger partial charge is 0.372 e. The molecular formula is C17H31NO. The van der Waals surface area contributed by atoms with Crippen molar-refractivity contribution < 1.29 is 4.74 Å². The molecule has 0 amide bonds. The third-order valence-corrected chi connectivity index (χ3v) is 6.00. The van der Waals surface area contributed by atoms with Crippen molar-refractivity contribution in [1.29, 1.82) is 0 Å². The van der Waals surface area contributed by atoms with Crippen LogP contribution in [0.2, 0.25) is 0 Å². The first-order valence-corrected chi connectivity index (χ1v) is 8.59. The fourth-order valence-electron chi connectivity index (χ4n) is 4.43. The molecular weight excluding hydrogens is 234 g/mol. The third kappa shape index (κ3) is 2.85. The van der Waals surface area contributed by atoms with Crippen molar-refractivity contribution in [2.45, 2.75) is 95.8 Å². The molecule has 1 N–H and O–H groups in total. The van der Waals surface area contributed by atoms with Crippen molar-refractivity contribution in [3.05, 3.63) is 0 Å². The van der Waals surface area contributed by atoms with E-state index >= 15 is 0 Å². The Bertz CT molecular complexity index is 304. The first kappa shape index (κ1) is 13.9. The maximum Gasteiger partial charge on any atom is 0.0687 e. The van der Waals surface area contributed by atoms with E-state index < -0.39 is 0 Å². The van der Waals surface area contributed by atoms with Gasteiger partial charge in [-0.25, -0.2) is 0 Å². The molecule has 1 saturated heterocycles. The predicted molar refractivity (Wildman–Crippen MR) is 79.3 cm³/mol. The third-order valence-electron chi connectivity index (χ3n) is 6.00. The van der Waals surface area contributed by atoms with Crippen LogP contribution < -0.4 is 5.32 Å². The van der Waals surface area contributed by atoms with Gasteiger partial charge in [0.05, 0.1) is 11.7 Å². The van der Waals surface area contributed by atoms with Crippen molar-refractivity contribution in [2.24, 2.45) is 5.41 Å². The molecule has 2 saturated carbocycles. The molecule has 0 aromatic heterocycles. The second kappa shape index (κ2) is 5.37. The Kier molecular flexibility index (Phi) is 3.92. The van der Waals surface area contributed by atoms with E-state index in [4.69, 9.17) is 4.74 Å². The average molecular weight is 265 g/mol. The summed E-state index contributed by atoms with van der Waals surface area (Å²) < 4.78 is 6.51. The SMILES string of the molecule is CCCNC(C)C1(CC2CCC3(CCCC3)O2)CC1. The van der Waals surface area contributed by atoms with Gasteiger partial charge in [-0.15, -0.1) is 0 Å². The fraction of sp³-hybridized carbons (Fsp3) is 1.00. The molecule has 2 heteroatoms. The van der Waals surface area contributed by atoms with Crippen LogP contribution in [-0.4, -0.2) is 24.3 Å². The Labute approximate surface area is 118 Å². The first-order valence-electron chi connectivity index (χ1n) is 8.59. The molecule has 0 aromatic carbocycles. The highest BCUT2D eigenvalue weighted by atomic mass is 16.5. The molecule has 3 fully saturated rings. The molecule has 1 heterocycles. The molecule has 1 aliphatic heterocycles. The molecule has 3 rings (SSSR count). The highest BCUT2D eigenvalue weighted by Gasteiger charge is 2.51. The summed E-state index contributed by atoms with van der Waals surface area (Å²) in [6, 6.07) is 0.677. The van der Waals surface area contributed by atoms with Crippen LogP contribution in [0.4, 0.5) is 0 Å². The zero-order valence-corrected chi connectivity index (χ0v) is 12.8. The normalized spacial score (nSPS) is 32.8. The molecule has 110 valence electrons. The zero-order valence-electron chi connectivity index (χ0n) is 12.8. The minimum atomic E-state index is 0.320. The molecule has 0 aromatic rings. The molecule has 2 atom stereocenters. The second-order valence-corrected chi connectivity index (χ2v) is 7.41. The van der Waals surface area contributed by atoms with E-state index in [0.717, 1.165) is 0 Å². The summed E-state index contributed by atoms with van der Waals surface area (Å²) in [7, 11) is 0. The number of rotatable bonds is 6. The zero-order chi connectivity index (χ0) is 13.3. The number of nitrogens with one attached hydrogen (secondary N) is 1. The molecule has 3 aliphatic rings. The molecule has 2 nitrogen and oxygen atoms in total. The van der Waals surface area contributed by atoms with Crippen LogP contribution in [0, 0.1) is 5.41 Å². The highest BCUT2D eigenvalue weighted by Crippen LogP contribution is 2.55. The van der Waals surface area contributed by atoms with Crippen LogP contribution in [0.1, 0.15) is 78.1 Å². The Balaban J connectivity index is 1.51. The van der Waals surface area contributed by atoms with Gasteiger partial charge in [-0.2, -0.15) is 0 Å². The summed E-state index contributed by atoms with van der Waals surface area (Å²) >= 11 is 0. The molecule has 2 aliphatic carbocycles. The lowest BCUT2D eigenvalue weighted by Gasteiger charge is -2.29. The smallest absolute Gasteiger partial charge is 0.0687 e. The van der Waals surface area contributed by atoms with Gasteiger partial charge in [-0.1, -0.05) is 19.8 Å². The van der Waals surface area contributed by atoms with Crippen LogP contribution in [-0.2, 0) is 4.74 Å². The highest BCUT2D eigenvalue weighted by molar-refractivity contribution is 5.04. The maximum absolute atomic E-state index is 6.51. The van der Waals surface area contributed by atoms with Crippen LogP contribution in [0.5, 0.6) is 0 Å². The van der Waals surface area contributed by atoms with Gasteiger partial charge in [-0.3, -0.25) is 0 Å². The predicted octanol–water partition coefficient (Wildman–Crippen LogP) is 4.04. The van der Waals surface area contributed by atoms with Crippen LogP contribution in [0.15, 0.2) is 0 Å². The minimum absolute atomic E-state index is 0.320. The molecule has 0 radical (unpaired) electrons. The van der Waals surface area contributed by atoms with Crippen molar-refractivity contribution in [1.82, 2.24) is 5.32 Å². The molecule has 19 heavy (non-hydrogen) atoms. The fourth-order valence-corrected chi connectivity index (χ4v) is 4.43. The lowest BCUT2D eigenvalue weighted by Crippen LogP contribution is -2.37. The minimum Gasteiger partial charge on any atom is -0.372 e. The van der Waals surface area contributed by atoms with Crippen molar-refractivity contribution in [3.8, 4) is 0 Å². The van der Waals surface area contributed by atoms with E-state index in [-0.39, 0.29) is 0 Å². The van der Waals surface area contributed by atoms with Gasteiger partial charge in [0.25, 0.3) is 0 Å². The Morgan fingerprint density at radius 3 is 2.53 bits per heavy atom. The summed E-state index contributed by atoms with van der Waals surface area (Å²) in [5, 5.41) is 3.71. The summed E-state index contributed by atoms with van der Waals surface area (Å²) in [6.45, 7) is 5.81. The number of hydrogen-bond donors (Lipinski definition) is 1. The number of hydrogen-bond acceptors (Lipinski definition) is 2. The van der Waals surface area contributed by atoms with Gasteiger partial charge in [0.2, 0.25) is 0 Å². The summed E-state index contributed by atoms with van der Waals surface area (Å²) in [4.78, 5) is 0. The van der Waals surface area contributed by atoms with Crippen LogP contribution >= 0.6 is 0 Å². The van der Waals surface area contributed by atoms with Crippen molar-refractivity contribution in [3.63, 3.8) is 0 Å². The maximum atomic E-state index is 6.51. The van der Waals surface area contributed by atoms with Gasteiger partial charge >= 0.3 is 0 Å². The Morgan fingerprint density at radius 1 is 1.16 bits per heavy atom. The number of ether oxygens (including phenoxy) is 1. The van der Waals surface area contributed by atoms with E-state index in [1.54, 1.807) is 0 Å². The van der Waals surface area contributed by atoms with Gasteiger partial charge in [-0.05, 0) is 70.3 Å².